The summed E-state index contributed by atoms with van der Waals surface area (Å²) in [6, 6.07) is 10.8. The van der Waals surface area contributed by atoms with E-state index in [2.05, 4.69) is 38.1 Å². The van der Waals surface area contributed by atoms with Crippen LogP contribution in [0.15, 0.2) is 40.6 Å². The molecule has 1 aromatic carbocycles. The van der Waals surface area contributed by atoms with Gasteiger partial charge in [-0.05, 0) is 60.5 Å². The SMILES string of the molecule is COc1ccc(SNC2CCN(c3nc(N4CCOCC4)c4sccc4n3)CC2)cc1. The molecule has 9 heteroatoms. The van der Waals surface area contributed by atoms with Gasteiger partial charge in [0.15, 0.2) is 5.82 Å². The highest BCUT2D eigenvalue weighted by molar-refractivity contribution is 7.97. The predicted molar refractivity (Wildman–Crippen MR) is 128 cm³/mol. The Bertz CT molecular complexity index is 999. The number of methoxy groups -OCH3 is 1. The molecule has 2 saturated heterocycles. The molecule has 0 aliphatic carbocycles. The number of thiophene rings is 1. The lowest BCUT2D eigenvalue weighted by molar-refractivity contribution is 0.122. The zero-order valence-corrected chi connectivity index (χ0v) is 19.3. The zero-order chi connectivity index (χ0) is 21.0. The van der Waals surface area contributed by atoms with Crippen LogP contribution in [0.25, 0.3) is 10.2 Å². The molecule has 1 N–H and O–H groups in total. The topological polar surface area (TPSA) is 62.8 Å². The summed E-state index contributed by atoms with van der Waals surface area (Å²) in [4.78, 5) is 15.8. The maximum atomic E-state index is 5.53. The molecule has 2 fully saturated rings. The van der Waals surface area contributed by atoms with Gasteiger partial charge < -0.3 is 19.3 Å². The minimum atomic E-state index is 0.479. The number of aromatic nitrogens is 2. The highest BCUT2D eigenvalue weighted by Crippen LogP contribution is 2.32. The van der Waals surface area contributed by atoms with Crippen LogP contribution >= 0.6 is 23.3 Å². The number of piperidine rings is 1. The number of benzene rings is 1. The summed E-state index contributed by atoms with van der Waals surface area (Å²) in [5.41, 5.74) is 1.05. The second kappa shape index (κ2) is 9.60. The molecular formula is C22H27N5O2S2. The van der Waals surface area contributed by atoms with Crippen molar-refractivity contribution in [1.82, 2.24) is 14.7 Å². The van der Waals surface area contributed by atoms with Gasteiger partial charge in [0.2, 0.25) is 5.95 Å². The van der Waals surface area contributed by atoms with E-state index in [0.29, 0.717) is 6.04 Å². The minimum absolute atomic E-state index is 0.479. The number of ether oxygens (including phenoxy) is 2. The van der Waals surface area contributed by atoms with E-state index in [-0.39, 0.29) is 0 Å². The van der Waals surface area contributed by atoms with Crippen molar-refractivity contribution in [3.8, 4) is 5.75 Å². The van der Waals surface area contributed by atoms with E-state index in [1.165, 1.54) is 9.60 Å². The normalized spacial score (nSPS) is 18.0. The number of nitrogens with zero attached hydrogens (tertiary/aromatic N) is 4. The van der Waals surface area contributed by atoms with E-state index in [1.54, 1.807) is 30.4 Å². The van der Waals surface area contributed by atoms with E-state index in [4.69, 9.17) is 19.4 Å². The summed E-state index contributed by atoms with van der Waals surface area (Å²) in [5.74, 6) is 2.80. The van der Waals surface area contributed by atoms with E-state index < -0.39 is 0 Å². The number of fused-ring (bicyclic) bond motifs is 1. The van der Waals surface area contributed by atoms with Crippen LogP contribution in [-0.4, -0.2) is 62.5 Å². The zero-order valence-electron chi connectivity index (χ0n) is 17.6. The van der Waals surface area contributed by atoms with Crippen molar-refractivity contribution in [2.24, 2.45) is 0 Å². The van der Waals surface area contributed by atoms with Crippen LogP contribution in [0.5, 0.6) is 5.75 Å². The second-order valence-electron chi connectivity index (χ2n) is 7.74. The Kier molecular flexibility index (Phi) is 6.45. The van der Waals surface area contributed by atoms with Crippen LogP contribution in [0.4, 0.5) is 11.8 Å². The first-order valence-electron chi connectivity index (χ1n) is 10.7. The quantitative estimate of drug-likeness (QED) is 0.561. The molecule has 5 rings (SSSR count). The molecule has 4 heterocycles. The van der Waals surface area contributed by atoms with Gasteiger partial charge in [0.1, 0.15) is 5.75 Å². The number of hydrogen-bond acceptors (Lipinski definition) is 9. The van der Waals surface area contributed by atoms with E-state index in [1.807, 2.05) is 12.1 Å². The van der Waals surface area contributed by atoms with E-state index in [9.17, 15) is 0 Å². The molecule has 2 aliphatic rings. The van der Waals surface area contributed by atoms with Crippen molar-refractivity contribution in [3.05, 3.63) is 35.7 Å². The first kappa shape index (κ1) is 20.8. The van der Waals surface area contributed by atoms with Gasteiger partial charge in [-0.3, -0.25) is 4.72 Å². The standard InChI is InChI=1S/C22H27N5O2S2/c1-28-17-2-4-18(5-3-17)31-25-16-6-9-27(10-7-16)22-23-19-8-15-30-20(19)21(24-22)26-11-13-29-14-12-26/h2-5,8,15-16,25H,6-7,9-14H2,1H3. The highest BCUT2D eigenvalue weighted by atomic mass is 32.2. The molecule has 0 saturated carbocycles. The minimum Gasteiger partial charge on any atom is -0.497 e. The molecular weight excluding hydrogens is 430 g/mol. The fourth-order valence-electron chi connectivity index (χ4n) is 3.96. The third-order valence-corrected chi connectivity index (χ3v) is 7.62. The van der Waals surface area contributed by atoms with Crippen molar-refractivity contribution >= 4 is 45.3 Å². The van der Waals surface area contributed by atoms with Gasteiger partial charge in [-0.2, -0.15) is 4.98 Å². The number of anilines is 2. The molecule has 31 heavy (non-hydrogen) atoms. The van der Waals surface area contributed by atoms with Gasteiger partial charge in [-0.25, -0.2) is 4.98 Å². The lowest BCUT2D eigenvalue weighted by atomic mass is 10.1. The summed E-state index contributed by atoms with van der Waals surface area (Å²) < 4.78 is 15.6. The van der Waals surface area contributed by atoms with E-state index in [0.717, 1.165) is 75.3 Å². The molecule has 3 aromatic rings. The molecule has 0 amide bonds. The Balaban J connectivity index is 1.22. The highest BCUT2D eigenvalue weighted by Gasteiger charge is 2.24. The Hall–Kier alpha value is -2.07. The molecule has 0 spiro atoms. The average molecular weight is 458 g/mol. The van der Waals surface area contributed by atoms with Crippen molar-refractivity contribution in [3.63, 3.8) is 0 Å². The van der Waals surface area contributed by atoms with Crippen LogP contribution in [0.3, 0.4) is 0 Å². The van der Waals surface area contributed by atoms with Crippen LogP contribution in [0.1, 0.15) is 12.8 Å². The third kappa shape index (κ3) is 4.74. The first-order valence-corrected chi connectivity index (χ1v) is 12.4. The summed E-state index contributed by atoms with van der Waals surface area (Å²) in [5, 5.41) is 2.11. The first-order chi connectivity index (χ1) is 15.3. The Morgan fingerprint density at radius 2 is 1.81 bits per heavy atom. The number of hydrogen-bond donors (Lipinski definition) is 1. The Labute approximate surface area is 190 Å². The number of nitrogens with one attached hydrogen (secondary N) is 1. The van der Waals surface area contributed by atoms with Crippen molar-refractivity contribution in [2.45, 2.75) is 23.8 Å². The molecule has 0 atom stereocenters. The molecule has 164 valence electrons. The van der Waals surface area contributed by atoms with Crippen LogP contribution in [0.2, 0.25) is 0 Å². The van der Waals surface area contributed by atoms with Gasteiger partial charge in [0.05, 0.1) is 30.5 Å². The van der Waals surface area contributed by atoms with Gasteiger partial charge in [0.25, 0.3) is 0 Å². The van der Waals surface area contributed by atoms with Crippen LogP contribution in [-0.2, 0) is 4.74 Å². The Morgan fingerprint density at radius 1 is 1.03 bits per heavy atom. The number of morpholine rings is 1. The Morgan fingerprint density at radius 3 is 2.55 bits per heavy atom. The lowest BCUT2D eigenvalue weighted by Gasteiger charge is -2.33. The van der Waals surface area contributed by atoms with Crippen LogP contribution < -0.4 is 19.3 Å². The van der Waals surface area contributed by atoms with Gasteiger partial charge >= 0.3 is 0 Å². The molecule has 0 unspecified atom stereocenters. The largest absolute Gasteiger partial charge is 0.497 e. The summed E-state index contributed by atoms with van der Waals surface area (Å²) in [7, 11) is 1.69. The van der Waals surface area contributed by atoms with Gasteiger partial charge in [-0.1, -0.05) is 0 Å². The molecule has 2 aliphatic heterocycles. The fourth-order valence-corrected chi connectivity index (χ4v) is 5.62. The van der Waals surface area contributed by atoms with Gasteiger partial charge in [0, 0.05) is 37.1 Å². The van der Waals surface area contributed by atoms with Crippen molar-refractivity contribution < 1.29 is 9.47 Å². The second-order valence-corrected chi connectivity index (χ2v) is 9.57. The van der Waals surface area contributed by atoms with Crippen LogP contribution in [0, 0.1) is 0 Å². The number of rotatable bonds is 6. The maximum absolute atomic E-state index is 5.53. The maximum Gasteiger partial charge on any atom is 0.227 e. The summed E-state index contributed by atoms with van der Waals surface area (Å²) >= 11 is 3.42. The molecule has 7 nitrogen and oxygen atoms in total. The van der Waals surface area contributed by atoms with Crippen molar-refractivity contribution in [2.75, 3.05) is 56.3 Å². The summed E-state index contributed by atoms with van der Waals surface area (Å²) in [6.45, 7) is 5.21. The average Bonchev–Trinajstić information content (AvgIpc) is 3.32. The molecule has 0 bridgehead atoms. The van der Waals surface area contributed by atoms with E-state index >= 15 is 0 Å². The van der Waals surface area contributed by atoms with Crippen molar-refractivity contribution in [1.29, 1.82) is 0 Å². The van der Waals surface area contributed by atoms with Gasteiger partial charge in [-0.15, -0.1) is 11.3 Å². The molecule has 2 aromatic heterocycles. The predicted octanol–water partition coefficient (Wildman–Crippen LogP) is 3.80. The lowest BCUT2D eigenvalue weighted by Crippen LogP contribution is -2.41. The smallest absolute Gasteiger partial charge is 0.227 e. The fraction of sp³-hybridized carbons (Fsp3) is 0.455. The summed E-state index contributed by atoms with van der Waals surface area (Å²) in [6.07, 6.45) is 2.14. The third-order valence-electron chi connectivity index (χ3n) is 5.77. The monoisotopic (exact) mass is 457 g/mol. The molecule has 0 radical (unpaired) electrons.